The molecule has 0 saturated heterocycles. The van der Waals surface area contributed by atoms with Crippen LogP contribution in [-0.4, -0.2) is 49.6 Å². The molecule has 36 heavy (non-hydrogen) atoms. The number of aliphatic carboxylic acids is 1. The van der Waals surface area contributed by atoms with Crippen LogP contribution in [0.3, 0.4) is 0 Å². The Morgan fingerprint density at radius 1 is 1.06 bits per heavy atom. The normalized spacial score (nSPS) is 12.4. The molecule has 0 bridgehead atoms. The molecule has 10 nitrogen and oxygen atoms in total. The first kappa shape index (κ1) is 25.0. The molecule has 11 heteroatoms. The van der Waals surface area contributed by atoms with Gasteiger partial charge < -0.3 is 10.4 Å². The van der Waals surface area contributed by atoms with E-state index in [0.717, 1.165) is 11.3 Å². The monoisotopic (exact) mass is 506 g/mol. The van der Waals surface area contributed by atoms with Crippen molar-refractivity contribution in [2.45, 2.75) is 37.4 Å². The number of aromatic nitrogens is 4. The highest BCUT2D eigenvalue weighted by Gasteiger charge is 2.26. The topological polar surface area (TPSA) is 130 Å². The van der Waals surface area contributed by atoms with Crippen molar-refractivity contribution in [2.75, 3.05) is 5.32 Å². The van der Waals surface area contributed by atoms with E-state index in [0.29, 0.717) is 17.9 Å². The number of benzene rings is 1. The first-order chi connectivity index (χ1) is 17.4. The number of carboxylic acid groups (broad SMARTS) is 1. The number of anilines is 1. The van der Waals surface area contributed by atoms with Gasteiger partial charge in [-0.15, -0.1) is 0 Å². The minimum absolute atomic E-state index is 0.0164. The minimum Gasteiger partial charge on any atom is -0.480 e. The van der Waals surface area contributed by atoms with E-state index >= 15 is 0 Å². The molecule has 0 fully saturated rings. The van der Waals surface area contributed by atoms with E-state index in [9.17, 15) is 18.3 Å². The molecule has 2 N–H and O–H groups in total. The van der Waals surface area contributed by atoms with Gasteiger partial charge in [-0.1, -0.05) is 25.1 Å². The summed E-state index contributed by atoms with van der Waals surface area (Å²) in [6.45, 7) is 1.84. The second-order valence-corrected chi connectivity index (χ2v) is 9.97. The Morgan fingerprint density at radius 3 is 2.50 bits per heavy atom. The fourth-order valence-electron chi connectivity index (χ4n) is 3.60. The number of nitrogens with one attached hydrogen (secondary N) is 1. The Hall–Kier alpha value is -4.09. The van der Waals surface area contributed by atoms with E-state index in [1.54, 1.807) is 42.1 Å². The van der Waals surface area contributed by atoms with Gasteiger partial charge >= 0.3 is 5.97 Å². The molecule has 0 aliphatic carbocycles. The zero-order valence-corrected chi connectivity index (χ0v) is 20.4. The molecule has 0 aliphatic rings. The lowest BCUT2D eigenvalue weighted by Gasteiger charge is -2.22. The van der Waals surface area contributed by atoms with Crippen molar-refractivity contribution in [1.82, 2.24) is 24.1 Å². The molecule has 0 spiro atoms. The number of hydrogen-bond donors (Lipinski definition) is 2. The number of carbonyl (C=O) groups is 1. The summed E-state index contributed by atoms with van der Waals surface area (Å²) >= 11 is 0. The molecule has 3 aromatic heterocycles. The third-order valence-electron chi connectivity index (χ3n) is 5.51. The fraction of sp³-hybridized carbons (Fsp3) is 0.200. The van der Waals surface area contributed by atoms with Crippen LogP contribution < -0.4 is 5.32 Å². The number of carboxylic acids is 1. The van der Waals surface area contributed by atoms with Gasteiger partial charge in [-0.25, -0.2) is 22.9 Å². The molecule has 0 aliphatic heterocycles. The van der Waals surface area contributed by atoms with Crippen LogP contribution in [0, 0.1) is 0 Å². The fourth-order valence-corrected chi connectivity index (χ4v) is 4.96. The summed E-state index contributed by atoms with van der Waals surface area (Å²) < 4.78 is 30.1. The highest BCUT2D eigenvalue weighted by Crippen LogP contribution is 2.21. The Labute approximate surface area is 209 Å². The van der Waals surface area contributed by atoms with Crippen LogP contribution in [0.4, 0.5) is 5.82 Å². The Balaban J connectivity index is 1.62. The van der Waals surface area contributed by atoms with Crippen molar-refractivity contribution >= 4 is 21.8 Å². The van der Waals surface area contributed by atoms with Crippen molar-refractivity contribution in [3.05, 3.63) is 96.7 Å². The summed E-state index contributed by atoms with van der Waals surface area (Å²) in [4.78, 5) is 19.9. The van der Waals surface area contributed by atoms with Crippen LogP contribution in [0.5, 0.6) is 0 Å². The van der Waals surface area contributed by atoms with Crippen molar-refractivity contribution in [1.29, 1.82) is 0 Å². The van der Waals surface area contributed by atoms with E-state index in [1.807, 2.05) is 36.5 Å². The molecule has 3 heterocycles. The van der Waals surface area contributed by atoms with Crippen molar-refractivity contribution in [3.63, 3.8) is 0 Å². The van der Waals surface area contributed by atoms with Crippen LogP contribution in [0.25, 0.3) is 5.69 Å². The predicted molar refractivity (Wildman–Crippen MR) is 134 cm³/mol. The van der Waals surface area contributed by atoms with E-state index in [1.165, 1.54) is 22.8 Å². The third-order valence-corrected chi connectivity index (χ3v) is 7.29. The average molecular weight is 507 g/mol. The maximum absolute atomic E-state index is 13.5. The summed E-state index contributed by atoms with van der Waals surface area (Å²) in [5.74, 6) is -0.618. The number of rotatable bonds is 11. The Morgan fingerprint density at radius 2 is 1.86 bits per heavy atom. The van der Waals surface area contributed by atoms with Gasteiger partial charge in [0.05, 0.1) is 17.9 Å². The van der Waals surface area contributed by atoms with Gasteiger partial charge in [-0.3, -0.25) is 4.98 Å². The average Bonchev–Trinajstić information content (AvgIpc) is 3.43. The second-order valence-electron chi connectivity index (χ2n) is 8.04. The van der Waals surface area contributed by atoms with Crippen LogP contribution in [0.2, 0.25) is 0 Å². The van der Waals surface area contributed by atoms with Gasteiger partial charge in [0, 0.05) is 31.3 Å². The smallest absolute Gasteiger partial charge is 0.326 e. The van der Waals surface area contributed by atoms with Gasteiger partial charge in [0.15, 0.2) is 0 Å². The molecule has 1 aromatic carbocycles. The standard InChI is InChI=1S/C25H26N6O4S/c1-2-23(25(32)33)29-24-8-3-6-20(28-24)18-30(36(34,35)22-7-4-13-26-16-22)17-19-9-11-21(12-10-19)31-15-5-14-27-31/h3-16,23H,2,17-18H2,1H3,(H,28,29)(H,32,33). The molecule has 1 atom stereocenters. The Kier molecular flexibility index (Phi) is 7.71. The molecule has 0 amide bonds. The minimum atomic E-state index is -3.91. The number of sulfonamides is 1. The van der Waals surface area contributed by atoms with Crippen LogP contribution in [0.15, 0.2) is 90.3 Å². The maximum Gasteiger partial charge on any atom is 0.326 e. The van der Waals surface area contributed by atoms with E-state index in [4.69, 9.17) is 0 Å². The highest BCUT2D eigenvalue weighted by atomic mass is 32.2. The molecule has 0 saturated carbocycles. The Bertz CT molecular complexity index is 1390. The van der Waals surface area contributed by atoms with Gasteiger partial charge in [-0.05, 0) is 54.4 Å². The van der Waals surface area contributed by atoms with Crippen LogP contribution >= 0.6 is 0 Å². The van der Waals surface area contributed by atoms with Gasteiger partial charge in [-0.2, -0.15) is 9.40 Å². The molecule has 0 radical (unpaired) electrons. The lowest BCUT2D eigenvalue weighted by Crippen LogP contribution is -2.31. The first-order valence-corrected chi connectivity index (χ1v) is 12.7. The first-order valence-electron chi connectivity index (χ1n) is 11.3. The summed E-state index contributed by atoms with van der Waals surface area (Å²) in [5.41, 5.74) is 2.11. The maximum atomic E-state index is 13.5. The third kappa shape index (κ3) is 5.93. The lowest BCUT2D eigenvalue weighted by molar-refractivity contribution is -0.137. The lowest BCUT2D eigenvalue weighted by atomic mass is 10.2. The zero-order chi connectivity index (χ0) is 25.5. The van der Waals surface area contributed by atoms with Gasteiger partial charge in [0.25, 0.3) is 0 Å². The van der Waals surface area contributed by atoms with Crippen molar-refractivity contribution in [2.24, 2.45) is 0 Å². The number of hydrogen-bond acceptors (Lipinski definition) is 7. The van der Waals surface area contributed by atoms with Gasteiger partial charge in [0.2, 0.25) is 10.0 Å². The quantitative estimate of drug-likeness (QED) is 0.317. The molecule has 4 rings (SSSR count). The summed E-state index contributed by atoms with van der Waals surface area (Å²) in [6, 6.07) is 16.6. The highest BCUT2D eigenvalue weighted by molar-refractivity contribution is 7.89. The largest absolute Gasteiger partial charge is 0.480 e. The van der Waals surface area contributed by atoms with Crippen molar-refractivity contribution < 1.29 is 18.3 Å². The zero-order valence-electron chi connectivity index (χ0n) is 19.6. The molecule has 4 aromatic rings. The molecular weight excluding hydrogens is 480 g/mol. The predicted octanol–water partition coefficient (Wildman–Crippen LogP) is 3.33. The summed E-state index contributed by atoms with van der Waals surface area (Å²) in [6.07, 6.45) is 6.71. The number of nitrogens with zero attached hydrogens (tertiary/aromatic N) is 5. The van der Waals surface area contributed by atoms with E-state index < -0.39 is 22.0 Å². The molecule has 1 unspecified atom stereocenters. The van der Waals surface area contributed by atoms with Crippen LogP contribution in [0.1, 0.15) is 24.6 Å². The summed E-state index contributed by atoms with van der Waals surface area (Å²) in [7, 11) is -3.91. The van der Waals surface area contributed by atoms with Crippen LogP contribution in [-0.2, 0) is 27.9 Å². The molecule has 186 valence electrons. The number of pyridine rings is 2. The van der Waals surface area contributed by atoms with Crippen molar-refractivity contribution in [3.8, 4) is 5.69 Å². The SMILES string of the molecule is CCC(Nc1cccc(CN(Cc2ccc(-n3cccn3)cc2)S(=O)(=O)c2cccnc2)n1)C(=O)O. The van der Waals surface area contributed by atoms with Gasteiger partial charge in [0.1, 0.15) is 16.8 Å². The summed E-state index contributed by atoms with van der Waals surface area (Å²) in [5, 5.41) is 16.4. The molecular formula is C25H26N6O4S. The van der Waals surface area contributed by atoms with E-state index in [2.05, 4.69) is 20.4 Å². The second kappa shape index (κ2) is 11.1. The van der Waals surface area contributed by atoms with E-state index in [-0.39, 0.29) is 18.0 Å².